The fourth-order valence-corrected chi connectivity index (χ4v) is 5.01. The molecule has 0 aromatic heterocycles. The van der Waals surface area contributed by atoms with E-state index in [-0.39, 0.29) is 11.2 Å². The predicted octanol–water partition coefficient (Wildman–Crippen LogP) is 6.63. The van der Waals surface area contributed by atoms with Crippen LogP contribution in [0, 0.1) is 0 Å². The monoisotopic (exact) mass is 493 g/mol. The number of thioether (sulfide) groups is 1. The van der Waals surface area contributed by atoms with Gasteiger partial charge in [-0.3, -0.25) is 9.69 Å². The quantitative estimate of drug-likeness (QED) is 0.274. The van der Waals surface area contributed by atoms with Crippen LogP contribution in [0.5, 0.6) is 0 Å². The number of unbranched alkanes of at least 4 members (excludes halogenated alkanes) is 1. The predicted molar refractivity (Wildman–Crippen MR) is 135 cm³/mol. The Morgan fingerprint density at radius 3 is 2.65 bits per heavy atom. The smallest absolute Gasteiger partial charge is 0.242 e. The van der Waals surface area contributed by atoms with Crippen molar-refractivity contribution in [2.45, 2.75) is 38.0 Å². The average Bonchev–Trinajstić information content (AvgIpc) is 3.08. The fourth-order valence-electron chi connectivity index (χ4n) is 3.60. The molecule has 31 heavy (non-hydrogen) atoms. The van der Waals surface area contributed by atoms with Gasteiger partial charge >= 0.3 is 0 Å². The van der Waals surface area contributed by atoms with Gasteiger partial charge in [0, 0.05) is 4.47 Å². The zero-order chi connectivity index (χ0) is 21.6. The number of carbonyl (C=O) groups is 1. The van der Waals surface area contributed by atoms with E-state index in [1.165, 1.54) is 17.1 Å². The summed E-state index contributed by atoms with van der Waals surface area (Å²) in [5.41, 5.74) is 2.08. The molecule has 0 bridgehead atoms. The Kier molecular flexibility index (Phi) is 7.20. The lowest BCUT2D eigenvalue weighted by Gasteiger charge is -2.17. The van der Waals surface area contributed by atoms with Gasteiger partial charge in [0.15, 0.2) is 5.17 Å². The second-order valence-electron chi connectivity index (χ2n) is 7.49. The van der Waals surface area contributed by atoms with Crippen LogP contribution in [-0.2, 0) is 11.3 Å². The van der Waals surface area contributed by atoms with Crippen LogP contribution in [0.25, 0.3) is 10.8 Å². The summed E-state index contributed by atoms with van der Waals surface area (Å²) in [5, 5.41) is 11.7. The van der Waals surface area contributed by atoms with Gasteiger partial charge in [-0.15, -0.1) is 5.10 Å². The Bertz CT molecular complexity index is 1120. The number of benzene rings is 3. The van der Waals surface area contributed by atoms with Crippen molar-refractivity contribution in [3.05, 3.63) is 82.3 Å². The molecule has 0 aliphatic carbocycles. The molecule has 0 unspecified atom stereocenters. The lowest BCUT2D eigenvalue weighted by molar-refractivity contribution is -0.126. The Hall–Kier alpha value is -2.44. The van der Waals surface area contributed by atoms with Crippen LogP contribution >= 0.6 is 27.7 Å². The molecule has 1 fully saturated rings. The van der Waals surface area contributed by atoms with Crippen molar-refractivity contribution in [3.8, 4) is 0 Å². The van der Waals surface area contributed by atoms with Crippen molar-refractivity contribution in [1.82, 2.24) is 4.90 Å². The van der Waals surface area contributed by atoms with E-state index in [4.69, 9.17) is 0 Å². The summed E-state index contributed by atoms with van der Waals surface area (Å²) in [6.45, 7) is 2.65. The molecule has 3 aromatic carbocycles. The van der Waals surface area contributed by atoms with Crippen molar-refractivity contribution >= 4 is 55.8 Å². The second kappa shape index (κ2) is 10.2. The minimum absolute atomic E-state index is 0.0865. The summed E-state index contributed by atoms with van der Waals surface area (Å²) in [4.78, 5) is 15.0. The summed E-state index contributed by atoms with van der Waals surface area (Å²) in [6, 6.07) is 22.4. The van der Waals surface area contributed by atoms with Gasteiger partial charge in [-0.2, -0.15) is 5.10 Å². The van der Waals surface area contributed by atoms with Gasteiger partial charge < -0.3 is 0 Å². The molecule has 1 amide bonds. The van der Waals surface area contributed by atoms with Crippen LogP contribution in [0.4, 0.5) is 0 Å². The maximum absolute atomic E-state index is 13.2. The van der Waals surface area contributed by atoms with E-state index >= 15 is 0 Å². The highest BCUT2D eigenvalue weighted by Crippen LogP contribution is 2.33. The maximum Gasteiger partial charge on any atom is 0.242 e. The van der Waals surface area contributed by atoms with Crippen LogP contribution in [0.15, 0.2) is 81.4 Å². The highest BCUT2D eigenvalue weighted by atomic mass is 79.9. The first-order valence-corrected chi connectivity index (χ1v) is 12.1. The Morgan fingerprint density at radius 2 is 1.84 bits per heavy atom. The topological polar surface area (TPSA) is 45.0 Å². The molecular weight excluding hydrogens is 470 g/mol. The SMILES string of the molecule is CCCC[C@H]1S/C(=N/N=C\c2ccc(Br)cc2)N(Cc2cccc3ccccc23)C1=O. The first kappa shape index (κ1) is 21.8. The first-order valence-electron chi connectivity index (χ1n) is 10.5. The van der Waals surface area contributed by atoms with E-state index in [9.17, 15) is 4.79 Å². The number of fused-ring (bicyclic) bond motifs is 1. The van der Waals surface area contributed by atoms with Crippen molar-refractivity contribution in [1.29, 1.82) is 0 Å². The Balaban J connectivity index is 1.61. The van der Waals surface area contributed by atoms with E-state index in [1.807, 2.05) is 42.5 Å². The lowest BCUT2D eigenvalue weighted by atomic mass is 10.0. The van der Waals surface area contributed by atoms with Gasteiger partial charge in [0.2, 0.25) is 5.91 Å². The number of amides is 1. The van der Waals surface area contributed by atoms with Gasteiger partial charge in [-0.05, 0) is 40.5 Å². The van der Waals surface area contributed by atoms with Crippen LogP contribution < -0.4 is 0 Å². The van der Waals surface area contributed by atoms with Gasteiger partial charge in [0.05, 0.1) is 18.0 Å². The van der Waals surface area contributed by atoms with Crippen LogP contribution in [0.2, 0.25) is 0 Å². The largest absolute Gasteiger partial charge is 0.284 e. The number of nitrogens with zero attached hydrogens (tertiary/aromatic N) is 3. The molecule has 0 N–H and O–H groups in total. The van der Waals surface area contributed by atoms with Gasteiger partial charge in [-0.25, -0.2) is 0 Å². The third-order valence-corrected chi connectivity index (χ3v) is 7.03. The number of amidine groups is 1. The normalized spacial score (nSPS) is 18.0. The van der Waals surface area contributed by atoms with E-state index in [0.29, 0.717) is 11.7 Å². The summed E-state index contributed by atoms with van der Waals surface area (Å²) >= 11 is 4.97. The number of hydrogen-bond acceptors (Lipinski definition) is 4. The molecule has 3 aromatic rings. The van der Waals surface area contributed by atoms with Crippen LogP contribution in [0.3, 0.4) is 0 Å². The molecule has 0 radical (unpaired) electrons. The molecule has 1 saturated heterocycles. The molecule has 1 aliphatic rings. The molecule has 4 rings (SSSR count). The van der Waals surface area contributed by atoms with Crippen LogP contribution in [-0.4, -0.2) is 27.4 Å². The number of hydrogen-bond donors (Lipinski definition) is 0. The van der Waals surface area contributed by atoms with Gasteiger partial charge in [0.25, 0.3) is 0 Å². The molecule has 1 heterocycles. The fraction of sp³-hybridized carbons (Fsp3) is 0.240. The maximum atomic E-state index is 13.2. The first-order chi connectivity index (χ1) is 15.2. The van der Waals surface area contributed by atoms with Crippen molar-refractivity contribution in [3.63, 3.8) is 0 Å². The van der Waals surface area contributed by atoms with Gasteiger partial charge in [-0.1, -0.05) is 102 Å². The molecule has 158 valence electrons. The summed E-state index contributed by atoms with van der Waals surface area (Å²) in [5.74, 6) is 0.129. The zero-order valence-electron chi connectivity index (χ0n) is 17.4. The number of carbonyl (C=O) groups excluding carboxylic acids is 1. The Morgan fingerprint density at radius 1 is 1.06 bits per heavy atom. The summed E-state index contributed by atoms with van der Waals surface area (Å²) in [6.07, 6.45) is 4.68. The molecular formula is C25H24BrN3OS. The summed E-state index contributed by atoms with van der Waals surface area (Å²) < 4.78 is 1.02. The highest BCUT2D eigenvalue weighted by molar-refractivity contribution is 9.10. The Labute approximate surface area is 195 Å². The van der Waals surface area contributed by atoms with E-state index in [0.717, 1.165) is 40.2 Å². The van der Waals surface area contributed by atoms with Crippen molar-refractivity contribution < 1.29 is 4.79 Å². The molecule has 1 aliphatic heterocycles. The number of rotatable bonds is 7. The van der Waals surface area contributed by atoms with Crippen molar-refractivity contribution in [2.75, 3.05) is 0 Å². The number of halogens is 1. The lowest BCUT2D eigenvalue weighted by Crippen LogP contribution is -2.31. The molecule has 4 nitrogen and oxygen atoms in total. The third-order valence-electron chi connectivity index (χ3n) is 5.27. The molecule has 6 heteroatoms. The van der Waals surface area contributed by atoms with Gasteiger partial charge in [0.1, 0.15) is 0 Å². The summed E-state index contributed by atoms with van der Waals surface area (Å²) in [7, 11) is 0. The second-order valence-corrected chi connectivity index (χ2v) is 9.58. The average molecular weight is 494 g/mol. The van der Waals surface area contributed by atoms with E-state index < -0.39 is 0 Å². The molecule has 0 saturated carbocycles. The van der Waals surface area contributed by atoms with Crippen LogP contribution in [0.1, 0.15) is 37.3 Å². The van der Waals surface area contributed by atoms with E-state index in [1.54, 1.807) is 11.1 Å². The third kappa shape index (κ3) is 5.25. The van der Waals surface area contributed by atoms with Crippen molar-refractivity contribution in [2.24, 2.45) is 10.2 Å². The molecule has 0 spiro atoms. The zero-order valence-corrected chi connectivity index (χ0v) is 19.8. The minimum Gasteiger partial charge on any atom is -0.284 e. The van der Waals surface area contributed by atoms with E-state index in [2.05, 4.69) is 57.3 Å². The molecule has 1 atom stereocenters. The standard InChI is InChI=1S/C25H24BrN3OS/c1-2-3-11-23-24(30)29(17-20-9-6-8-19-7-4-5-10-22(19)20)25(31-23)28-27-16-18-12-14-21(26)15-13-18/h4-10,12-16,23H,2-3,11,17H2,1H3/b27-16-,28-25+/t23-/m1/s1. The highest BCUT2D eigenvalue weighted by Gasteiger charge is 2.37. The minimum atomic E-state index is -0.0865.